The van der Waals surface area contributed by atoms with Crippen molar-refractivity contribution in [2.45, 2.75) is 13.5 Å². The average molecular weight is 339 g/mol. The molecule has 0 aliphatic rings. The molecule has 0 fully saturated rings. The van der Waals surface area contributed by atoms with Gasteiger partial charge in [-0.1, -0.05) is 35.3 Å². The molecule has 0 spiro atoms. The van der Waals surface area contributed by atoms with Gasteiger partial charge < -0.3 is 9.84 Å². The first-order chi connectivity index (χ1) is 10.4. The van der Waals surface area contributed by atoms with Crippen LogP contribution >= 0.6 is 23.2 Å². The summed E-state index contributed by atoms with van der Waals surface area (Å²) in [6.45, 7) is 1.54. The number of halogens is 2. The number of carboxylic acid groups (broad SMARTS) is 1. The maximum absolute atomic E-state index is 12.1. The van der Waals surface area contributed by atoms with Gasteiger partial charge >= 0.3 is 11.9 Å². The van der Waals surface area contributed by atoms with Crippen LogP contribution < -0.4 is 0 Å². The van der Waals surface area contributed by atoms with Gasteiger partial charge in [0, 0.05) is 15.6 Å². The van der Waals surface area contributed by atoms with E-state index in [9.17, 15) is 9.59 Å². The summed E-state index contributed by atoms with van der Waals surface area (Å²) in [6.07, 6.45) is 0. The monoisotopic (exact) mass is 338 g/mol. The predicted octanol–water partition coefficient (Wildman–Crippen LogP) is 4.36. The van der Waals surface area contributed by atoms with Gasteiger partial charge in [-0.25, -0.2) is 9.59 Å². The van der Waals surface area contributed by atoms with Crippen molar-refractivity contribution in [3.05, 3.63) is 68.7 Å². The van der Waals surface area contributed by atoms with E-state index in [0.29, 0.717) is 21.2 Å². The molecule has 0 radical (unpaired) electrons. The van der Waals surface area contributed by atoms with Crippen molar-refractivity contribution in [2.75, 3.05) is 0 Å². The second kappa shape index (κ2) is 6.81. The average Bonchev–Trinajstić information content (AvgIpc) is 2.46. The number of aromatic carboxylic acids is 1. The molecule has 0 aromatic heterocycles. The molecule has 0 atom stereocenters. The lowest BCUT2D eigenvalue weighted by molar-refractivity contribution is 0.0472. The predicted molar refractivity (Wildman–Crippen MR) is 83.7 cm³/mol. The third kappa shape index (κ3) is 3.59. The van der Waals surface area contributed by atoms with E-state index in [4.69, 9.17) is 33.0 Å². The topological polar surface area (TPSA) is 63.6 Å². The van der Waals surface area contributed by atoms with Crippen LogP contribution in [-0.4, -0.2) is 17.0 Å². The van der Waals surface area contributed by atoms with Crippen LogP contribution in [-0.2, 0) is 11.3 Å². The first kappa shape index (κ1) is 16.3. The molecule has 2 aromatic carbocycles. The van der Waals surface area contributed by atoms with Crippen molar-refractivity contribution < 1.29 is 19.4 Å². The highest BCUT2D eigenvalue weighted by atomic mass is 35.5. The molecular formula is C16H12Cl2O4. The summed E-state index contributed by atoms with van der Waals surface area (Å²) in [5, 5.41) is 9.95. The van der Waals surface area contributed by atoms with Crippen LogP contribution in [0.1, 0.15) is 31.8 Å². The highest BCUT2D eigenvalue weighted by molar-refractivity contribution is 6.35. The van der Waals surface area contributed by atoms with Gasteiger partial charge in [-0.05, 0) is 36.8 Å². The SMILES string of the molecule is Cc1c(C(=O)O)cccc1C(=O)OCc1ccc(Cl)cc1Cl. The Labute approximate surface area is 137 Å². The number of hydrogen-bond acceptors (Lipinski definition) is 3. The summed E-state index contributed by atoms with van der Waals surface area (Å²) in [7, 11) is 0. The molecule has 0 unspecified atom stereocenters. The molecule has 114 valence electrons. The van der Waals surface area contributed by atoms with Gasteiger partial charge in [0.05, 0.1) is 11.1 Å². The molecule has 0 aliphatic carbocycles. The molecular weight excluding hydrogens is 327 g/mol. The minimum Gasteiger partial charge on any atom is -0.478 e. The number of esters is 1. The molecule has 2 aromatic rings. The maximum Gasteiger partial charge on any atom is 0.338 e. The largest absolute Gasteiger partial charge is 0.478 e. The standard InChI is InChI=1S/C16H12Cl2O4/c1-9-12(15(19)20)3-2-4-13(9)16(21)22-8-10-5-6-11(17)7-14(10)18/h2-7H,8H2,1H3,(H,19,20). The van der Waals surface area contributed by atoms with E-state index in [1.54, 1.807) is 25.1 Å². The Bertz CT molecular complexity index is 741. The van der Waals surface area contributed by atoms with Gasteiger partial charge in [-0.2, -0.15) is 0 Å². The van der Waals surface area contributed by atoms with Gasteiger partial charge in [0.2, 0.25) is 0 Å². The maximum atomic E-state index is 12.1. The van der Waals surface area contributed by atoms with Crippen molar-refractivity contribution in [1.82, 2.24) is 0 Å². The lowest BCUT2D eigenvalue weighted by Gasteiger charge is -2.10. The number of ether oxygens (including phenoxy) is 1. The molecule has 2 rings (SSSR count). The van der Waals surface area contributed by atoms with Crippen LogP contribution in [0, 0.1) is 6.92 Å². The van der Waals surface area contributed by atoms with Gasteiger partial charge in [0.1, 0.15) is 6.61 Å². The minimum absolute atomic E-state index is 0.0222. The molecule has 0 amide bonds. The second-order valence-corrected chi connectivity index (χ2v) is 5.44. The molecule has 0 saturated carbocycles. The van der Waals surface area contributed by atoms with Gasteiger partial charge in [-0.15, -0.1) is 0 Å². The fourth-order valence-electron chi connectivity index (χ4n) is 1.95. The summed E-state index contributed by atoms with van der Waals surface area (Å²) >= 11 is 11.8. The fraction of sp³-hybridized carbons (Fsp3) is 0.125. The Hall–Kier alpha value is -2.04. The summed E-state index contributed by atoms with van der Waals surface area (Å²) in [6, 6.07) is 9.33. The first-order valence-electron chi connectivity index (χ1n) is 6.34. The molecule has 4 nitrogen and oxygen atoms in total. The highest BCUT2D eigenvalue weighted by Gasteiger charge is 2.16. The van der Waals surface area contributed by atoms with Crippen molar-refractivity contribution >= 4 is 35.1 Å². The van der Waals surface area contributed by atoms with Crippen LogP contribution in [0.4, 0.5) is 0 Å². The molecule has 0 saturated heterocycles. The fourth-order valence-corrected chi connectivity index (χ4v) is 2.41. The van der Waals surface area contributed by atoms with Crippen molar-refractivity contribution in [1.29, 1.82) is 0 Å². The smallest absolute Gasteiger partial charge is 0.338 e. The lowest BCUT2D eigenvalue weighted by atomic mass is 10.0. The van der Waals surface area contributed by atoms with Gasteiger partial charge in [0.25, 0.3) is 0 Å². The van der Waals surface area contributed by atoms with Crippen molar-refractivity contribution in [2.24, 2.45) is 0 Å². The normalized spacial score (nSPS) is 10.3. The van der Waals surface area contributed by atoms with Crippen LogP contribution in [0.5, 0.6) is 0 Å². The van der Waals surface area contributed by atoms with E-state index in [0.717, 1.165) is 0 Å². The lowest BCUT2D eigenvalue weighted by Crippen LogP contribution is -2.10. The molecule has 0 heterocycles. The molecule has 0 bridgehead atoms. The highest BCUT2D eigenvalue weighted by Crippen LogP contribution is 2.22. The number of carbonyl (C=O) groups excluding carboxylic acids is 1. The molecule has 6 heteroatoms. The van der Waals surface area contributed by atoms with Crippen molar-refractivity contribution in [3.63, 3.8) is 0 Å². The van der Waals surface area contributed by atoms with Crippen LogP contribution in [0.3, 0.4) is 0 Å². The zero-order valence-electron chi connectivity index (χ0n) is 11.6. The zero-order valence-corrected chi connectivity index (χ0v) is 13.1. The van der Waals surface area contributed by atoms with E-state index < -0.39 is 11.9 Å². The Morgan fingerprint density at radius 3 is 2.45 bits per heavy atom. The van der Waals surface area contributed by atoms with E-state index in [2.05, 4.69) is 0 Å². The zero-order chi connectivity index (χ0) is 16.3. The summed E-state index contributed by atoms with van der Waals surface area (Å²) in [5.41, 5.74) is 1.26. The van der Waals surface area contributed by atoms with Gasteiger partial charge in [0.15, 0.2) is 0 Å². The Balaban J connectivity index is 2.16. The summed E-state index contributed by atoms with van der Waals surface area (Å²) < 4.78 is 5.19. The Morgan fingerprint density at radius 1 is 1.14 bits per heavy atom. The number of hydrogen-bond donors (Lipinski definition) is 1. The van der Waals surface area contributed by atoms with Crippen LogP contribution in [0.2, 0.25) is 10.0 Å². The Kier molecular flexibility index (Phi) is 5.06. The first-order valence-corrected chi connectivity index (χ1v) is 7.09. The molecule has 22 heavy (non-hydrogen) atoms. The second-order valence-electron chi connectivity index (χ2n) is 4.60. The number of benzene rings is 2. The molecule has 0 aliphatic heterocycles. The van der Waals surface area contributed by atoms with E-state index in [1.165, 1.54) is 18.2 Å². The summed E-state index contributed by atoms with van der Waals surface area (Å²) in [4.78, 5) is 23.2. The summed E-state index contributed by atoms with van der Waals surface area (Å²) in [5.74, 6) is -1.69. The van der Waals surface area contributed by atoms with E-state index in [1.807, 2.05) is 0 Å². The molecule has 1 N–H and O–H groups in total. The third-order valence-corrected chi connectivity index (χ3v) is 3.74. The Morgan fingerprint density at radius 2 is 1.82 bits per heavy atom. The number of carbonyl (C=O) groups is 2. The third-order valence-electron chi connectivity index (χ3n) is 3.16. The van der Waals surface area contributed by atoms with E-state index >= 15 is 0 Å². The van der Waals surface area contributed by atoms with Crippen LogP contribution in [0.15, 0.2) is 36.4 Å². The van der Waals surface area contributed by atoms with Crippen LogP contribution in [0.25, 0.3) is 0 Å². The van der Waals surface area contributed by atoms with Crippen molar-refractivity contribution in [3.8, 4) is 0 Å². The number of carboxylic acids is 1. The number of rotatable bonds is 4. The quantitative estimate of drug-likeness (QED) is 0.841. The van der Waals surface area contributed by atoms with Gasteiger partial charge in [-0.3, -0.25) is 0 Å². The minimum atomic E-state index is -1.09. The van der Waals surface area contributed by atoms with E-state index in [-0.39, 0.29) is 17.7 Å².